The minimum Gasteiger partial charge on any atom is -0.325 e. The van der Waals surface area contributed by atoms with Crippen LogP contribution in [0.2, 0.25) is 0 Å². The van der Waals surface area contributed by atoms with Crippen molar-refractivity contribution < 1.29 is 0 Å². The van der Waals surface area contributed by atoms with Crippen LogP contribution in [-0.4, -0.2) is 27.7 Å². The van der Waals surface area contributed by atoms with Gasteiger partial charge >= 0.3 is 0 Å². The van der Waals surface area contributed by atoms with Gasteiger partial charge in [0, 0.05) is 27.7 Å². The Hall–Kier alpha value is -0.120. The smallest absolute Gasteiger partial charge is 0.0214 e. The molecule has 0 aromatic heterocycles. The van der Waals surface area contributed by atoms with E-state index in [4.69, 9.17) is 5.73 Å². The van der Waals surface area contributed by atoms with Crippen LogP contribution in [0.5, 0.6) is 0 Å². The van der Waals surface area contributed by atoms with Crippen LogP contribution < -0.4 is 16.4 Å². The van der Waals surface area contributed by atoms with E-state index in [1.54, 1.807) is 0 Å². The van der Waals surface area contributed by atoms with Crippen LogP contribution in [0.1, 0.15) is 101 Å². The van der Waals surface area contributed by atoms with Crippen LogP contribution in [0.4, 0.5) is 0 Å². The van der Waals surface area contributed by atoms with E-state index in [2.05, 4.69) is 72.9 Å². The zero-order valence-electron chi connectivity index (χ0n) is 18.5. The molecule has 2 rings (SSSR count). The van der Waals surface area contributed by atoms with Crippen LogP contribution in [0, 0.1) is 11.8 Å². The molecule has 2 fully saturated rings. The first kappa shape index (κ1) is 21.2. The quantitative estimate of drug-likeness (QED) is 0.694. The summed E-state index contributed by atoms with van der Waals surface area (Å²) in [6, 6.07) is 0. The highest BCUT2D eigenvalue weighted by molar-refractivity contribution is 5.11. The van der Waals surface area contributed by atoms with Crippen molar-refractivity contribution in [2.24, 2.45) is 17.6 Å². The summed E-state index contributed by atoms with van der Waals surface area (Å²) in [5, 5.41) is 7.69. The van der Waals surface area contributed by atoms with Gasteiger partial charge in [-0.05, 0) is 99.3 Å². The fourth-order valence-electron chi connectivity index (χ4n) is 6.58. The van der Waals surface area contributed by atoms with Crippen molar-refractivity contribution in [2.75, 3.05) is 0 Å². The Balaban J connectivity index is 2.37. The minimum absolute atomic E-state index is 0.0674. The lowest BCUT2D eigenvalue weighted by atomic mass is 9.57. The predicted molar refractivity (Wildman–Crippen MR) is 110 cm³/mol. The van der Waals surface area contributed by atoms with E-state index in [0.717, 1.165) is 6.42 Å². The largest absolute Gasteiger partial charge is 0.325 e. The molecule has 0 saturated carbocycles. The first-order valence-corrected chi connectivity index (χ1v) is 10.5. The molecule has 0 bridgehead atoms. The van der Waals surface area contributed by atoms with Gasteiger partial charge in [-0.25, -0.2) is 0 Å². The molecular weight excluding hydrogens is 306 g/mol. The standard InChI is InChI=1S/C22H45N3/c1-10-11-22(23,16-12-18(2,3)24-19(4,5)13-16)17-14-20(6,7)25-21(8,9)15-17/h16-17,24-25H,10-15,23H2,1-9H3. The van der Waals surface area contributed by atoms with Crippen molar-refractivity contribution in [2.45, 2.75) is 129 Å². The van der Waals surface area contributed by atoms with Gasteiger partial charge in [0.25, 0.3) is 0 Å². The second kappa shape index (κ2) is 6.49. The van der Waals surface area contributed by atoms with Gasteiger partial charge in [-0.2, -0.15) is 0 Å². The van der Waals surface area contributed by atoms with E-state index in [1.165, 1.54) is 32.1 Å². The Bertz CT molecular complexity index is 406. The van der Waals surface area contributed by atoms with Crippen LogP contribution in [0.25, 0.3) is 0 Å². The molecule has 3 heteroatoms. The average Bonchev–Trinajstić information content (AvgIpc) is 2.31. The van der Waals surface area contributed by atoms with Crippen molar-refractivity contribution in [1.82, 2.24) is 10.6 Å². The van der Waals surface area contributed by atoms with Gasteiger partial charge in [0.2, 0.25) is 0 Å². The third-order valence-electron chi connectivity index (χ3n) is 6.58. The van der Waals surface area contributed by atoms with Crippen LogP contribution >= 0.6 is 0 Å². The molecule has 4 N–H and O–H groups in total. The predicted octanol–water partition coefficient (Wildman–Crippen LogP) is 4.60. The lowest BCUT2D eigenvalue weighted by Crippen LogP contribution is -2.68. The van der Waals surface area contributed by atoms with E-state index < -0.39 is 0 Å². The molecule has 2 heterocycles. The molecule has 2 aliphatic heterocycles. The Morgan fingerprint density at radius 2 is 1.00 bits per heavy atom. The van der Waals surface area contributed by atoms with E-state index >= 15 is 0 Å². The van der Waals surface area contributed by atoms with Crippen molar-refractivity contribution in [3.05, 3.63) is 0 Å². The Kier molecular flexibility index (Phi) is 5.50. The fraction of sp³-hybridized carbons (Fsp3) is 1.00. The Labute approximate surface area is 157 Å². The lowest BCUT2D eigenvalue weighted by molar-refractivity contribution is 0.00148. The summed E-state index contributed by atoms with van der Waals surface area (Å²) in [6.07, 6.45) is 7.03. The molecule has 3 nitrogen and oxygen atoms in total. The summed E-state index contributed by atoms with van der Waals surface area (Å²) >= 11 is 0. The van der Waals surface area contributed by atoms with Crippen LogP contribution in [0.15, 0.2) is 0 Å². The molecule has 2 aliphatic rings. The molecule has 0 aromatic rings. The molecule has 0 unspecified atom stereocenters. The number of hydrogen-bond donors (Lipinski definition) is 3. The van der Waals surface area contributed by atoms with E-state index in [1.807, 2.05) is 0 Å². The summed E-state index contributed by atoms with van der Waals surface area (Å²) < 4.78 is 0. The third kappa shape index (κ3) is 4.99. The Morgan fingerprint density at radius 3 is 1.24 bits per heavy atom. The number of nitrogens with two attached hydrogens (primary N) is 1. The number of piperidine rings is 2. The molecule has 0 aromatic carbocycles. The SMILES string of the molecule is CCCC(N)(C1CC(C)(C)NC(C)(C)C1)C1CC(C)(C)NC(C)(C)C1. The summed E-state index contributed by atoms with van der Waals surface area (Å²) in [4.78, 5) is 0. The van der Waals surface area contributed by atoms with Gasteiger partial charge < -0.3 is 16.4 Å². The van der Waals surface area contributed by atoms with Gasteiger partial charge in [-0.15, -0.1) is 0 Å². The molecule has 2 saturated heterocycles. The van der Waals surface area contributed by atoms with Crippen molar-refractivity contribution in [3.63, 3.8) is 0 Å². The second-order valence-corrected chi connectivity index (χ2v) is 11.9. The van der Waals surface area contributed by atoms with Crippen molar-refractivity contribution in [1.29, 1.82) is 0 Å². The zero-order chi connectivity index (χ0) is 19.3. The average molecular weight is 352 g/mol. The molecule has 25 heavy (non-hydrogen) atoms. The molecular formula is C22H45N3. The van der Waals surface area contributed by atoms with E-state index in [0.29, 0.717) is 11.8 Å². The molecule has 0 spiro atoms. The maximum Gasteiger partial charge on any atom is 0.0214 e. The highest BCUT2D eigenvalue weighted by atomic mass is 15.1. The molecule has 0 atom stereocenters. The topological polar surface area (TPSA) is 50.1 Å². The first-order chi connectivity index (χ1) is 11.1. The molecule has 0 amide bonds. The van der Waals surface area contributed by atoms with Gasteiger partial charge in [0.05, 0.1) is 0 Å². The summed E-state index contributed by atoms with van der Waals surface area (Å²) in [5.41, 5.74) is 7.94. The van der Waals surface area contributed by atoms with Crippen molar-refractivity contribution in [3.8, 4) is 0 Å². The molecule has 0 aliphatic carbocycles. The Morgan fingerprint density at radius 1 is 0.720 bits per heavy atom. The monoisotopic (exact) mass is 351 g/mol. The van der Waals surface area contributed by atoms with Gasteiger partial charge in [0.15, 0.2) is 0 Å². The number of hydrogen-bond acceptors (Lipinski definition) is 3. The van der Waals surface area contributed by atoms with Crippen LogP contribution in [0.3, 0.4) is 0 Å². The summed E-state index contributed by atoms with van der Waals surface area (Å²) in [5.74, 6) is 1.15. The van der Waals surface area contributed by atoms with Gasteiger partial charge in [-0.3, -0.25) is 0 Å². The van der Waals surface area contributed by atoms with Gasteiger partial charge in [0.1, 0.15) is 0 Å². The van der Waals surface area contributed by atoms with Crippen LogP contribution in [-0.2, 0) is 0 Å². The number of rotatable bonds is 4. The van der Waals surface area contributed by atoms with Gasteiger partial charge in [-0.1, -0.05) is 13.3 Å². The fourth-order valence-corrected chi connectivity index (χ4v) is 6.58. The van der Waals surface area contributed by atoms with Crippen molar-refractivity contribution >= 4 is 0 Å². The maximum absolute atomic E-state index is 7.39. The van der Waals surface area contributed by atoms with E-state index in [9.17, 15) is 0 Å². The molecule has 148 valence electrons. The highest BCUT2D eigenvalue weighted by Gasteiger charge is 2.52. The minimum atomic E-state index is -0.0674. The lowest BCUT2D eigenvalue weighted by Gasteiger charge is -2.58. The second-order valence-electron chi connectivity index (χ2n) is 11.9. The maximum atomic E-state index is 7.39. The molecule has 0 radical (unpaired) electrons. The summed E-state index contributed by atoms with van der Waals surface area (Å²) in [6.45, 7) is 21.1. The highest BCUT2D eigenvalue weighted by Crippen LogP contribution is 2.48. The zero-order valence-corrected chi connectivity index (χ0v) is 18.5. The first-order valence-electron chi connectivity index (χ1n) is 10.5. The van der Waals surface area contributed by atoms with E-state index in [-0.39, 0.29) is 27.7 Å². The summed E-state index contributed by atoms with van der Waals surface area (Å²) in [7, 11) is 0. The normalized spacial score (nSPS) is 29.5. The third-order valence-corrected chi connectivity index (χ3v) is 6.58. The number of nitrogens with one attached hydrogen (secondary N) is 2.